The number of piperazine rings is 1. The van der Waals surface area contributed by atoms with Gasteiger partial charge >= 0.3 is 5.97 Å². The molecule has 2 aliphatic heterocycles. The number of hydrogen-bond donors (Lipinski definition) is 1. The standard InChI is InChI=1S/C27H27N3O4/c1-34-27(33)21-6-4-18(5-7-21)14-29-15-23-26(24(17-31)30(23)25(32)16-29)20-10-8-19(9-11-20)22-3-2-12-28-13-22/h2-13,23-24,26,31H,14-17H2,1H3/t23-,24-,26+/m1/s1. The Bertz CT molecular complexity index is 1160. The number of pyridine rings is 1. The van der Waals surface area contributed by atoms with Gasteiger partial charge in [-0.05, 0) is 40.5 Å². The Hall–Kier alpha value is -3.55. The van der Waals surface area contributed by atoms with Crippen molar-refractivity contribution in [3.63, 3.8) is 0 Å². The third-order valence-corrected chi connectivity index (χ3v) is 6.89. The summed E-state index contributed by atoms with van der Waals surface area (Å²) in [4.78, 5) is 32.8. The first-order valence-corrected chi connectivity index (χ1v) is 11.4. The molecule has 5 rings (SSSR count). The van der Waals surface area contributed by atoms with E-state index >= 15 is 0 Å². The first-order chi connectivity index (χ1) is 16.6. The molecule has 0 radical (unpaired) electrons. The first-order valence-electron chi connectivity index (χ1n) is 11.4. The monoisotopic (exact) mass is 457 g/mol. The number of nitrogens with zero attached hydrogens (tertiary/aromatic N) is 3. The largest absolute Gasteiger partial charge is 0.465 e. The Labute approximate surface area is 198 Å². The van der Waals surface area contributed by atoms with Gasteiger partial charge in [-0.1, -0.05) is 42.5 Å². The molecule has 7 nitrogen and oxygen atoms in total. The molecule has 0 bridgehead atoms. The molecule has 7 heteroatoms. The van der Waals surface area contributed by atoms with Gasteiger partial charge in [-0.25, -0.2) is 4.79 Å². The third-order valence-electron chi connectivity index (χ3n) is 6.89. The molecule has 1 aromatic heterocycles. The number of amides is 1. The van der Waals surface area contributed by atoms with Gasteiger partial charge in [0.1, 0.15) is 0 Å². The second kappa shape index (κ2) is 9.37. The lowest BCUT2D eigenvalue weighted by Crippen LogP contribution is -2.72. The third kappa shape index (κ3) is 4.08. The summed E-state index contributed by atoms with van der Waals surface area (Å²) in [5, 5.41) is 10.0. The van der Waals surface area contributed by atoms with Crippen molar-refractivity contribution >= 4 is 11.9 Å². The van der Waals surface area contributed by atoms with Gasteiger partial charge < -0.3 is 14.7 Å². The summed E-state index contributed by atoms with van der Waals surface area (Å²) >= 11 is 0. The lowest BCUT2D eigenvalue weighted by Gasteiger charge is -2.59. The first kappa shape index (κ1) is 22.3. The van der Waals surface area contributed by atoms with Crippen LogP contribution < -0.4 is 0 Å². The summed E-state index contributed by atoms with van der Waals surface area (Å²) in [5.41, 5.74) is 4.81. The minimum atomic E-state index is -0.364. The van der Waals surface area contributed by atoms with Crippen LogP contribution in [-0.4, -0.2) is 70.7 Å². The van der Waals surface area contributed by atoms with Crippen molar-refractivity contribution in [2.45, 2.75) is 24.5 Å². The Morgan fingerprint density at radius 1 is 1.09 bits per heavy atom. The van der Waals surface area contributed by atoms with Crippen LogP contribution in [0.5, 0.6) is 0 Å². The van der Waals surface area contributed by atoms with E-state index in [9.17, 15) is 14.7 Å². The number of aliphatic hydroxyl groups excluding tert-OH is 1. The Morgan fingerprint density at radius 3 is 2.50 bits per heavy atom. The van der Waals surface area contributed by atoms with Gasteiger partial charge in [0.25, 0.3) is 0 Å². The number of rotatable bonds is 6. The van der Waals surface area contributed by atoms with Crippen LogP contribution in [0.1, 0.15) is 27.4 Å². The molecule has 0 aliphatic carbocycles. The molecule has 3 atom stereocenters. The molecule has 1 N–H and O–H groups in total. The zero-order chi connectivity index (χ0) is 23.7. The van der Waals surface area contributed by atoms with Gasteiger partial charge in [-0.3, -0.25) is 14.7 Å². The van der Waals surface area contributed by atoms with Crippen molar-refractivity contribution in [3.8, 4) is 11.1 Å². The fraction of sp³-hybridized carbons (Fsp3) is 0.296. The van der Waals surface area contributed by atoms with Crippen LogP contribution >= 0.6 is 0 Å². The fourth-order valence-electron chi connectivity index (χ4n) is 5.24. The molecule has 2 aliphatic rings. The Balaban J connectivity index is 1.31. The van der Waals surface area contributed by atoms with E-state index in [1.54, 1.807) is 18.3 Å². The predicted molar refractivity (Wildman–Crippen MR) is 127 cm³/mol. The van der Waals surface area contributed by atoms with E-state index in [4.69, 9.17) is 4.74 Å². The van der Waals surface area contributed by atoms with Gasteiger partial charge in [0.15, 0.2) is 0 Å². The number of benzene rings is 2. The molecule has 2 aromatic carbocycles. The molecule has 0 spiro atoms. The SMILES string of the molecule is COC(=O)c1ccc(CN2CC(=O)N3[C@H](CO)[C@@H](c4ccc(-c5cccnc5)cc4)[C@H]3C2)cc1. The van der Waals surface area contributed by atoms with Crippen LogP contribution in [0.15, 0.2) is 73.1 Å². The van der Waals surface area contributed by atoms with Crippen molar-refractivity contribution in [3.05, 3.63) is 89.7 Å². The highest BCUT2D eigenvalue weighted by atomic mass is 16.5. The highest BCUT2D eigenvalue weighted by Crippen LogP contribution is 2.43. The summed E-state index contributed by atoms with van der Waals surface area (Å²) in [6, 6.07) is 19.4. The zero-order valence-electron chi connectivity index (χ0n) is 19.0. The van der Waals surface area contributed by atoms with Gasteiger partial charge in [-0.15, -0.1) is 0 Å². The lowest BCUT2D eigenvalue weighted by molar-refractivity contribution is -0.162. The molecule has 174 valence electrons. The van der Waals surface area contributed by atoms with E-state index in [0.717, 1.165) is 28.8 Å². The number of methoxy groups -OCH3 is 1. The highest BCUT2D eigenvalue weighted by Gasteiger charge is 2.53. The van der Waals surface area contributed by atoms with Crippen molar-refractivity contribution < 1.29 is 19.4 Å². The summed E-state index contributed by atoms with van der Waals surface area (Å²) in [5.74, 6) is -0.233. The second-order valence-corrected chi connectivity index (χ2v) is 8.87. The van der Waals surface area contributed by atoms with Crippen LogP contribution in [0.2, 0.25) is 0 Å². The molecule has 2 saturated heterocycles. The molecular weight excluding hydrogens is 430 g/mol. The maximum Gasteiger partial charge on any atom is 0.337 e. The maximum absolute atomic E-state index is 12.9. The van der Waals surface area contributed by atoms with E-state index in [2.05, 4.69) is 34.1 Å². The lowest BCUT2D eigenvalue weighted by atomic mass is 9.73. The smallest absolute Gasteiger partial charge is 0.337 e. The van der Waals surface area contributed by atoms with Gasteiger partial charge in [0.05, 0.1) is 37.9 Å². The van der Waals surface area contributed by atoms with Crippen LogP contribution in [0.4, 0.5) is 0 Å². The maximum atomic E-state index is 12.9. The average Bonchev–Trinajstić information content (AvgIpc) is 2.86. The molecular formula is C27H27N3O4. The van der Waals surface area contributed by atoms with Crippen LogP contribution in [-0.2, 0) is 16.1 Å². The topological polar surface area (TPSA) is 83.0 Å². The molecule has 2 fully saturated rings. The van der Waals surface area contributed by atoms with Crippen molar-refractivity contribution in [1.82, 2.24) is 14.8 Å². The summed E-state index contributed by atoms with van der Waals surface area (Å²) in [6.07, 6.45) is 3.60. The fourth-order valence-corrected chi connectivity index (χ4v) is 5.24. The van der Waals surface area contributed by atoms with Crippen molar-refractivity contribution in [2.24, 2.45) is 0 Å². The number of carbonyl (C=O) groups is 2. The van der Waals surface area contributed by atoms with Crippen LogP contribution in [0.25, 0.3) is 11.1 Å². The number of ether oxygens (including phenoxy) is 1. The van der Waals surface area contributed by atoms with E-state index in [1.807, 2.05) is 35.4 Å². The van der Waals surface area contributed by atoms with E-state index in [-0.39, 0.29) is 36.5 Å². The predicted octanol–water partition coefficient (Wildman–Crippen LogP) is 2.71. The summed E-state index contributed by atoms with van der Waals surface area (Å²) in [6.45, 7) is 1.62. The van der Waals surface area contributed by atoms with Crippen LogP contribution in [0, 0.1) is 0 Å². The Morgan fingerprint density at radius 2 is 1.85 bits per heavy atom. The van der Waals surface area contributed by atoms with Crippen LogP contribution in [0.3, 0.4) is 0 Å². The molecule has 1 amide bonds. The average molecular weight is 458 g/mol. The number of aromatic nitrogens is 1. The van der Waals surface area contributed by atoms with Crippen molar-refractivity contribution in [2.75, 3.05) is 26.8 Å². The van der Waals surface area contributed by atoms with Gasteiger partial charge in [-0.2, -0.15) is 0 Å². The molecule has 3 heterocycles. The normalized spacial score (nSPS) is 22.1. The minimum absolute atomic E-state index is 0.0250. The highest BCUT2D eigenvalue weighted by molar-refractivity contribution is 5.89. The molecule has 0 saturated carbocycles. The molecule has 3 aromatic rings. The number of fused-ring (bicyclic) bond motifs is 1. The van der Waals surface area contributed by atoms with E-state index in [1.165, 1.54) is 7.11 Å². The van der Waals surface area contributed by atoms with E-state index < -0.39 is 0 Å². The number of esters is 1. The van der Waals surface area contributed by atoms with Gasteiger partial charge in [0, 0.05) is 31.4 Å². The second-order valence-electron chi connectivity index (χ2n) is 8.87. The minimum Gasteiger partial charge on any atom is -0.465 e. The zero-order valence-corrected chi connectivity index (χ0v) is 19.0. The van der Waals surface area contributed by atoms with Crippen molar-refractivity contribution in [1.29, 1.82) is 0 Å². The number of carbonyl (C=O) groups excluding carboxylic acids is 2. The van der Waals surface area contributed by atoms with Gasteiger partial charge in [0.2, 0.25) is 5.91 Å². The Kier molecular flexibility index (Phi) is 6.13. The summed E-state index contributed by atoms with van der Waals surface area (Å²) < 4.78 is 4.76. The summed E-state index contributed by atoms with van der Waals surface area (Å²) in [7, 11) is 1.36. The molecule has 34 heavy (non-hydrogen) atoms. The number of aliphatic hydroxyl groups is 1. The van der Waals surface area contributed by atoms with E-state index in [0.29, 0.717) is 18.7 Å². The quantitative estimate of drug-likeness (QED) is 0.573. The molecule has 0 unspecified atom stereocenters. The number of hydrogen-bond acceptors (Lipinski definition) is 6.